The molecule has 7 heteroatoms. The lowest BCUT2D eigenvalue weighted by atomic mass is 9.93. The highest BCUT2D eigenvalue weighted by atomic mass is 16.5. The fraction of sp³-hybridized carbons (Fsp3) is 0.160. The summed E-state index contributed by atoms with van der Waals surface area (Å²) >= 11 is 0. The van der Waals surface area contributed by atoms with Crippen LogP contribution in [0.2, 0.25) is 0 Å². The predicted molar refractivity (Wildman–Crippen MR) is 123 cm³/mol. The lowest BCUT2D eigenvalue weighted by molar-refractivity contribution is 0.102. The normalized spacial score (nSPS) is 10.7. The van der Waals surface area contributed by atoms with E-state index in [-0.39, 0.29) is 11.3 Å². The van der Waals surface area contributed by atoms with Crippen LogP contribution in [0.5, 0.6) is 11.5 Å². The maximum atomic E-state index is 13.0. The summed E-state index contributed by atoms with van der Waals surface area (Å²) in [7, 11) is 1.51. The summed E-state index contributed by atoms with van der Waals surface area (Å²) < 4.78 is 7.05. The number of aromatic hydroxyl groups is 1. The fourth-order valence-corrected chi connectivity index (χ4v) is 3.56. The van der Waals surface area contributed by atoms with E-state index in [4.69, 9.17) is 4.74 Å². The van der Waals surface area contributed by atoms with Crippen LogP contribution >= 0.6 is 0 Å². The summed E-state index contributed by atoms with van der Waals surface area (Å²) in [5, 5.41) is 17.6. The van der Waals surface area contributed by atoms with Crippen LogP contribution in [0.1, 0.15) is 32.6 Å². The zero-order chi connectivity index (χ0) is 22.7. The van der Waals surface area contributed by atoms with Gasteiger partial charge in [0.1, 0.15) is 5.75 Å². The Morgan fingerprint density at radius 3 is 2.56 bits per heavy atom. The van der Waals surface area contributed by atoms with Gasteiger partial charge in [0.2, 0.25) is 0 Å². The molecule has 0 aliphatic rings. The van der Waals surface area contributed by atoms with Crippen molar-refractivity contribution in [3.8, 4) is 17.2 Å². The average molecular weight is 428 g/mol. The highest BCUT2D eigenvalue weighted by Gasteiger charge is 2.19. The number of benzene rings is 2. The zero-order valence-electron chi connectivity index (χ0n) is 18.2. The molecule has 0 aliphatic heterocycles. The first kappa shape index (κ1) is 21.1. The maximum Gasteiger partial charge on any atom is 0.260 e. The second-order valence-corrected chi connectivity index (χ2v) is 7.48. The number of nitrogens with zero attached hydrogens (tertiary/aromatic N) is 3. The number of amides is 1. The van der Waals surface area contributed by atoms with Crippen LogP contribution in [-0.2, 0) is 6.42 Å². The van der Waals surface area contributed by atoms with Crippen molar-refractivity contribution in [3.63, 3.8) is 0 Å². The second-order valence-electron chi connectivity index (χ2n) is 7.48. The van der Waals surface area contributed by atoms with Crippen molar-refractivity contribution >= 4 is 11.7 Å². The van der Waals surface area contributed by atoms with Gasteiger partial charge in [-0.2, -0.15) is 5.10 Å². The Morgan fingerprint density at radius 1 is 1.09 bits per heavy atom. The minimum Gasteiger partial charge on any atom is -0.507 e. The van der Waals surface area contributed by atoms with Gasteiger partial charge in [-0.3, -0.25) is 4.79 Å². The quantitative estimate of drug-likeness (QED) is 0.474. The highest BCUT2D eigenvalue weighted by molar-refractivity contribution is 6.06. The Balaban J connectivity index is 1.62. The molecule has 2 N–H and O–H groups in total. The number of hydrogen-bond acceptors (Lipinski definition) is 5. The molecule has 7 nitrogen and oxygen atoms in total. The molecule has 0 aliphatic carbocycles. The number of aromatic nitrogens is 3. The summed E-state index contributed by atoms with van der Waals surface area (Å²) in [6, 6.07) is 15.1. The van der Waals surface area contributed by atoms with E-state index in [1.807, 2.05) is 50.4 Å². The Kier molecular flexibility index (Phi) is 5.89. The van der Waals surface area contributed by atoms with Gasteiger partial charge in [0, 0.05) is 18.6 Å². The van der Waals surface area contributed by atoms with Gasteiger partial charge in [-0.15, -0.1) is 0 Å². The Morgan fingerprint density at radius 2 is 1.88 bits per heavy atom. The van der Waals surface area contributed by atoms with E-state index >= 15 is 0 Å². The molecular formula is C25H24N4O3. The Hall–Kier alpha value is -4.13. The van der Waals surface area contributed by atoms with Gasteiger partial charge in [0.25, 0.3) is 5.91 Å². The van der Waals surface area contributed by atoms with Gasteiger partial charge >= 0.3 is 0 Å². The van der Waals surface area contributed by atoms with Crippen LogP contribution in [0, 0.1) is 13.8 Å². The van der Waals surface area contributed by atoms with E-state index in [2.05, 4.69) is 15.4 Å². The predicted octanol–water partition coefficient (Wildman–Crippen LogP) is 4.44. The van der Waals surface area contributed by atoms with Crippen LogP contribution in [0.4, 0.5) is 5.82 Å². The van der Waals surface area contributed by atoms with Crippen molar-refractivity contribution in [2.24, 2.45) is 0 Å². The summed E-state index contributed by atoms with van der Waals surface area (Å²) in [6.45, 7) is 3.76. The number of carbonyl (C=O) groups excluding carboxylic acids is 1. The third kappa shape index (κ3) is 4.18. The van der Waals surface area contributed by atoms with Crippen LogP contribution < -0.4 is 10.1 Å². The zero-order valence-corrected chi connectivity index (χ0v) is 18.2. The standard InChI is InChI=1S/C25H24N4O3/c1-16-17(2)23(30)21(25(31)28-24-22(32-3)6-4-11-26-24)15-19(16)14-18-7-9-20(10-8-18)29-13-5-12-27-29/h4-13,15,30H,14H2,1-3H3,(H,26,28,31). The number of pyridine rings is 1. The molecule has 0 unspecified atom stereocenters. The third-order valence-electron chi connectivity index (χ3n) is 5.54. The first-order valence-corrected chi connectivity index (χ1v) is 10.2. The number of methoxy groups -OCH3 is 1. The Bertz CT molecular complexity index is 1250. The number of hydrogen-bond donors (Lipinski definition) is 2. The van der Waals surface area contributed by atoms with Crippen molar-refractivity contribution in [2.75, 3.05) is 12.4 Å². The molecule has 0 bridgehead atoms. The van der Waals surface area contributed by atoms with Gasteiger partial charge in [-0.1, -0.05) is 12.1 Å². The molecule has 4 aromatic rings. The van der Waals surface area contributed by atoms with Gasteiger partial charge in [-0.25, -0.2) is 9.67 Å². The number of phenolic OH excluding ortho intramolecular Hbond substituents is 1. The van der Waals surface area contributed by atoms with Crippen molar-refractivity contribution in [1.82, 2.24) is 14.8 Å². The van der Waals surface area contributed by atoms with E-state index < -0.39 is 5.91 Å². The molecule has 0 saturated carbocycles. The van der Waals surface area contributed by atoms with Crippen molar-refractivity contribution in [3.05, 3.63) is 94.9 Å². The van der Waals surface area contributed by atoms with E-state index in [0.717, 1.165) is 22.4 Å². The number of ether oxygens (including phenoxy) is 1. The van der Waals surface area contributed by atoms with Gasteiger partial charge in [0.05, 0.1) is 18.4 Å². The number of rotatable bonds is 6. The number of phenols is 1. The van der Waals surface area contributed by atoms with Crippen LogP contribution in [0.15, 0.2) is 67.1 Å². The highest BCUT2D eigenvalue weighted by Crippen LogP contribution is 2.31. The fourth-order valence-electron chi connectivity index (χ4n) is 3.56. The number of carbonyl (C=O) groups is 1. The third-order valence-corrected chi connectivity index (χ3v) is 5.54. The molecule has 2 aromatic carbocycles. The van der Waals surface area contributed by atoms with Gasteiger partial charge in [0.15, 0.2) is 11.6 Å². The van der Waals surface area contributed by atoms with Gasteiger partial charge in [-0.05, 0) is 78.9 Å². The molecule has 4 rings (SSSR count). The smallest absolute Gasteiger partial charge is 0.260 e. The molecule has 0 fully saturated rings. The van der Waals surface area contributed by atoms with E-state index in [1.54, 1.807) is 35.3 Å². The molecule has 2 heterocycles. The topological polar surface area (TPSA) is 89.3 Å². The molecular weight excluding hydrogens is 404 g/mol. The Labute approximate surface area is 186 Å². The van der Waals surface area contributed by atoms with Crippen LogP contribution in [0.25, 0.3) is 5.69 Å². The first-order chi connectivity index (χ1) is 15.5. The maximum absolute atomic E-state index is 13.0. The molecule has 32 heavy (non-hydrogen) atoms. The first-order valence-electron chi connectivity index (χ1n) is 10.2. The van der Waals surface area contributed by atoms with Crippen molar-refractivity contribution in [1.29, 1.82) is 0 Å². The molecule has 0 saturated heterocycles. The lowest BCUT2D eigenvalue weighted by Crippen LogP contribution is -2.15. The monoisotopic (exact) mass is 428 g/mol. The summed E-state index contributed by atoms with van der Waals surface area (Å²) in [6.07, 6.45) is 5.82. The second kappa shape index (κ2) is 8.93. The lowest BCUT2D eigenvalue weighted by Gasteiger charge is -2.16. The summed E-state index contributed by atoms with van der Waals surface area (Å²) in [5.41, 5.74) is 4.85. The average Bonchev–Trinajstić information content (AvgIpc) is 3.35. The molecule has 0 radical (unpaired) electrons. The van der Waals surface area contributed by atoms with Gasteiger partial charge < -0.3 is 15.2 Å². The van der Waals surface area contributed by atoms with Crippen LogP contribution in [-0.4, -0.2) is 32.9 Å². The SMILES string of the molecule is COc1cccnc1NC(=O)c1cc(Cc2ccc(-n3cccn3)cc2)c(C)c(C)c1O. The van der Waals surface area contributed by atoms with E-state index in [9.17, 15) is 9.90 Å². The minimum atomic E-state index is -0.446. The molecule has 0 spiro atoms. The molecule has 0 atom stereocenters. The van der Waals surface area contributed by atoms with E-state index in [0.29, 0.717) is 23.6 Å². The van der Waals surface area contributed by atoms with Crippen LogP contribution in [0.3, 0.4) is 0 Å². The molecule has 162 valence electrons. The summed E-state index contributed by atoms with van der Waals surface area (Å²) in [4.78, 5) is 17.1. The van der Waals surface area contributed by atoms with Crippen molar-refractivity contribution < 1.29 is 14.6 Å². The largest absolute Gasteiger partial charge is 0.507 e. The molecule has 2 aromatic heterocycles. The van der Waals surface area contributed by atoms with Crippen molar-refractivity contribution in [2.45, 2.75) is 20.3 Å². The number of anilines is 1. The summed E-state index contributed by atoms with van der Waals surface area (Å²) in [5.74, 6) is 0.264. The minimum absolute atomic E-state index is 0.0346. The van der Waals surface area contributed by atoms with E-state index in [1.165, 1.54) is 7.11 Å². The number of nitrogens with one attached hydrogen (secondary N) is 1. The molecule has 1 amide bonds.